The van der Waals surface area contributed by atoms with Crippen LogP contribution in [0.25, 0.3) is 0 Å². The second-order valence-electron chi connectivity index (χ2n) is 5.61. The Morgan fingerprint density at radius 1 is 1.05 bits per heavy atom. The van der Waals surface area contributed by atoms with E-state index in [0.29, 0.717) is 6.10 Å². The van der Waals surface area contributed by atoms with Crippen LogP contribution >= 0.6 is 0 Å². The van der Waals surface area contributed by atoms with Crippen molar-refractivity contribution in [2.45, 2.75) is 25.5 Å². The zero-order valence-electron chi connectivity index (χ0n) is 12.3. The maximum absolute atomic E-state index is 5.91. The van der Waals surface area contributed by atoms with E-state index in [1.807, 2.05) is 12.4 Å². The Hall–Kier alpha value is -1.71. The minimum absolute atomic E-state index is 0.348. The van der Waals surface area contributed by atoms with E-state index in [1.54, 1.807) is 0 Å². The van der Waals surface area contributed by atoms with Crippen LogP contribution in [0.1, 0.15) is 17.5 Å². The van der Waals surface area contributed by atoms with Crippen LogP contribution in [0, 0.1) is 0 Å². The molecule has 1 atom stereocenters. The summed E-state index contributed by atoms with van der Waals surface area (Å²) in [4.78, 5) is 6.55. The predicted molar refractivity (Wildman–Crippen MR) is 84.0 cm³/mol. The molecule has 3 heteroatoms. The zero-order valence-corrected chi connectivity index (χ0v) is 12.3. The highest BCUT2D eigenvalue weighted by Gasteiger charge is 2.20. The van der Waals surface area contributed by atoms with Crippen LogP contribution in [0.5, 0.6) is 0 Å². The zero-order chi connectivity index (χ0) is 14.3. The Morgan fingerprint density at radius 2 is 1.86 bits per heavy atom. The first-order valence-corrected chi connectivity index (χ1v) is 7.67. The summed E-state index contributed by atoms with van der Waals surface area (Å²) in [5.74, 6) is 0. The fraction of sp³-hybridized carbons (Fsp3) is 0.389. The molecular formula is C18H22N2O. The van der Waals surface area contributed by atoms with Gasteiger partial charge in [-0.2, -0.15) is 0 Å². The summed E-state index contributed by atoms with van der Waals surface area (Å²) in [7, 11) is 0. The van der Waals surface area contributed by atoms with Crippen LogP contribution in [0.2, 0.25) is 0 Å². The molecule has 1 aromatic heterocycles. The molecule has 110 valence electrons. The van der Waals surface area contributed by atoms with E-state index in [4.69, 9.17) is 4.74 Å². The maximum atomic E-state index is 5.91. The van der Waals surface area contributed by atoms with Crippen molar-refractivity contribution in [1.29, 1.82) is 0 Å². The van der Waals surface area contributed by atoms with E-state index < -0.39 is 0 Å². The monoisotopic (exact) mass is 282 g/mol. The highest BCUT2D eigenvalue weighted by atomic mass is 16.5. The van der Waals surface area contributed by atoms with Gasteiger partial charge in [-0.1, -0.05) is 30.3 Å². The molecule has 1 fully saturated rings. The van der Waals surface area contributed by atoms with E-state index in [1.165, 1.54) is 11.1 Å². The summed E-state index contributed by atoms with van der Waals surface area (Å²) in [6, 6.07) is 14.8. The van der Waals surface area contributed by atoms with Crippen molar-refractivity contribution in [2.75, 3.05) is 19.7 Å². The highest BCUT2D eigenvalue weighted by Crippen LogP contribution is 2.14. The summed E-state index contributed by atoms with van der Waals surface area (Å²) in [5, 5.41) is 0. The largest absolute Gasteiger partial charge is 0.376 e. The van der Waals surface area contributed by atoms with Crippen molar-refractivity contribution in [3.63, 3.8) is 0 Å². The number of rotatable bonds is 5. The molecule has 0 spiro atoms. The molecule has 1 aromatic carbocycles. The van der Waals surface area contributed by atoms with Gasteiger partial charge in [0.25, 0.3) is 0 Å². The smallest absolute Gasteiger partial charge is 0.0705 e. The lowest BCUT2D eigenvalue weighted by molar-refractivity contribution is -0.0345. The lowest BCUT2D eigenvalue weighted by Gasteiger charge is -2.33. The van der Waals surface area contributed by atoms with Gasteiger partial charge in [-0.05, 0) is 36.1 Å². The SMILES string of the molecule is c1ccc(CC[C@@H]2CN(Cc3ccncc3)CCO2)cc1. The number of benzene rings is 1. The minimum atomic E-state index is 0.348. The fourth-order valence-corrected chi connectivity index (χ4v) is 2.82. The van der Waals surface area contributed by atoms with Crippen molar-refractivity contribution >= 4 is 0 Å². The number of morpholine rings is 1. The van der Waals surface area contributed by atoms with Gasteiger partial charge in [0, 0.05) is 32.0 Å². The van der Waals surface area contributed by atoms with E-state index in [0.717, 1.165) is 39.1 Å². The molecule has 3 nitrogen and oxygen atoms in total. The fourth-order valence-electron chi connectivity index (χ4n) is 2.82. The van der Waals surface area contributed by atoms with Gasteiger partial charge >= 0.3 is 0 Å². The van der Waals surface area contributed by atoms with Crippen LogP contribution in [-0.2, 0) is 17.7 Å². The van der Waals surface area contributed by atoms with Crippen molar-refractivity contribution in [3.05, 3.63) is 66.0 Å². The second kappa shape index (κ2) is 7.34. The maximum Gasteiger partial charge on any atom is 0.0705 e. The Balaban J connectivity index is 1.49. The first-order valence-electron chi connectivity index (χ1n) is 7.67. The summed E-state index contributed by atoms with van der Waals surface area (Å²) in [6.07, 6.45) is 6.26. The second-order valence-corrected chi connectivity index (χ2v) is 5.61. The standard InChI is InChI=1S/C18H22N2O/c1-2-4-16(5-3-1)6-7-18-15-20(12-13-21-18)14-17-8-10-19-11-9-17/h1-5,8-11,18H,6-7,12-15H2/t18-/m1/s1. The number of hydrogen-bond donors (Lipinski definition) is 0. The molecule has 0 radical (unpaired) electrons. The van der Waals surface area contributed by atoms with Crippen LogP contribution in [-0.4, -0.2) is 35.7 Å². The van der Waals surface area contributed by atoms with E-state index in [2.05, 4.69) is 52.3 Å². The molecule has 2 heterocycles. The number of hydrogen-bond acceptors (Lipinski definition) is 3. The Kier molecular flexibility index (Phi) is 4.98. The average molecular weight is 282 g/mol. The van der Waals surface area contributed by atoms with Crippen LogP contribution < -0.4 is 0 Å². The predicted octanol–water partition coefficient (Wildman–Crippen LogP) is 2.92. The number of nitrogens with zero attached hydrogens (tertiary/aromatic N) is 2. The lowest BCUT2D eigenvalue weighted by Crippen LogP contribution is -2.42. The Bertz CT molecular complexity index is 529. The van der Waals surface area contributed by atoms with Gasteiger partial charge in [-0.15, -0.1) is 0 Å². The molecule has 21 heavy (non-hydrogen) atoms. The molecule has 0 amide bonds. The lowest BCUT2D eigenvalue weighted by atomic mass is 10.1. The summed E-state index contributed by atoms with van der Waals surface area (Å²) >= 11 is 0. The van der Waals surface area contributed by atoms with Gasteiger partial charge in [-0.3, -0.25) is 9.88 Å². The molecule has 0 N–H and O–H groups in total. The van der Waals surface area contributed by atoms with E-state index >= 15 is 0 Å². The molecule has 1 aliphatic rings. The quantitative estimate of drug-likeness (QED) is 0.843. The first-order chi connectivity index (χ1) is 10.4. The number of ether oxygens (including phenoxy) is 1. The molecule has 0 saturated carbocycles. The van der Waals surface area contributed by atoms with Gasteiger partial charge in [0.2, 0.25) is 0 Å². The van der Waals surface area contributed by atoms with Gasteiger partial charge in [-0.25, -0.2) is 0 Å². The van der Waals surface area contributed by atoms with Crippen LogP contribution in [0.15, 0.2) is 54.9 Å². The topological polar surface area (TPSA) is 25.4 Å². The molecule has 3 rings (SSSR count). The van der Waals surface area contributed by atoms with E-state index in [9.17, 15) is 0 Å². The van der Waals surface area contributed by atoms with Crippen LogP contribution in [0.3, 0.4) is 0 Å². The third-order valence-electron chi connectivity index (χ3n) is 3.98. The van der Waals surface area contributed by atoms with Crippen molar-refractivity contribution in [1.82, 2.24) is 9.88 Å². The molecule has 0 aliphatic carbocycles. The summed E-state index contributed by atoms with van der Waals surface area (Å²) < 4.78 is 5.91. The van der Waals surface area contributed by atoms with Gasteiger partial charge in [0.1, 0.15) is 0 Å². The first kappa shape index (κ1) is 14.2. The normalized spacial score (nSPS) is 19.5. The third-order valence-corrected chi connectivity index (χ3v) is 3.98. The Morgan fingerprint density at radius 3 is 2.67 bits per heavy atom. The van der Waals surface area contributed by atoms with Crippen molar-refractivity contribution in [2.24, 2.45) is 0 Å². The number of pyridine rings is 1. The molecular weight excluding hydrogens is 260 g/mol. The highest BCUT2D eigenvalue weighted by molar-refractivity contribution is 5.14. The van der Waals surface area contributed by atoms with Crippen molar-refractivity contribution in [3.8, 4) is 0 Å². The number of aromatic nitrogens is 1. The molecule has 0 bridgehead atoms. The molecule has 1 saturated heterocycles. The van der Waals surface area contributed by atoms with Gasteiger partial charge in [0.15, 0.2) is 0 Å². The summed E-state index contributed by atoms with van der Waals surface area (Å²) in [5.41, 5.74) is 2.72. The third kappa shape index (κ3) is 4.38. The molecule has 2 aromatic rings. The van der Waals surface area contributed by atoms with Gasteiger partial charge in [0.05, 0.1) is 12.7 Å². The minimum Gasteiger partial charge on any atom is -0.376 e. The van der Waals surface area contributed by atoms with Crippen molar-refractivity contribution < 1.29 is 4.74 Å². The van der Waals surface area contributed by atoms with Crippen LogP contribution in [0.4, 0.5) is 0 Å². The number of aryl methyl sites for hydroxylation is 1. The summed E-state index contributed by atoms with van der Waals surface area (Å²) in [6.45, 7) is 3.87. The molecule has 0 unspecified atom stereocenters. The molecule has 1 aliphatic heterocycles. The van der Waals surface area contributed by atoms with Gasteiger partial charge < -0.3 is 4.74 Å². The van der Waals surface area contributed by atoms with E-state index in [-0.39, 0.29) is 0 Å². The average Bonchev–Trinajstić information content (AvgIpc) is 2.55. The Labute approximate surface area is 126 Å².